The number of fused-ring (bicyclic) bond motifs is 2. The van der Waals surface area contributed by atoms with Crippen LogP contribution >= 0.6 is 0 Å². The number of hydrogen-bond acceptors (Lipinski definition) is 4. The Morgan fingerprint density at radius 1 is 1.36 bits per heavy atom. The van der Waals surface area contributed by atoms with Crippen molar-refractivity contribution in [3.05, 3.63) is 41.5 Å². The molecule has 2 amide bonds. The maximum Gasteiger partial charge on any atom is 0.236 e. The van der Waals surface area contributed by atoms with Crippen LogP contribution in [0, 0.1) is 6.92 Å². The fourth-order valence-electron chi connectivity index (χ4n) is 3.93. The van der Waals surface area contributed by atoms with E-state index >= 15 is 0 Å². The van der Waals surface area contributed by atoms with E-state index in [4.69, 9.17) is 0 Å². The van der Waals surface area contributed by atoms with Crippen LogP contribution in [0.25, 0.3) is 0 Å². The molecule has 4 rings (SSSR count). The molecule has 1 aromatic carbocycles. The maximum absolute atomic E-state index is 12.7. The van der Waals surface area contributed by atoms with Gasteiger partial charge < -0.3 is 10.2 Å². The summed E-state index contributed by atoms with van der Waals surface area (Å²) in [7, 11) is 0. The summed E-state index contributed by atoms with van der Waals surface area (Å²) in [6.07, 6.45) is 2.47. The second-order valence-electron chi connectivity index (χ2n) is 6.84. The van der Waals surface area contributed by atoms with Crippen molar-refractivity contribution < 1.29 is 9.59 Å². The van der Waals surface area contributed by atoms with Crippen molar-refractivity contribution >= 4 is 17.5 Å². The SMILES string of the molecule is Cc1nc(CCC(=O)N2CCC[C@@]3(C2)C(=O)Nc2ccccc23)n[nH]1. The summed E-state index contributed by atoms with van der Waals surface area (Å²) in [5.41, 5.74) is 1.28. The Morgan fingerprint density at radius 3 is 3.00 bits per heavy atom. The molecule has 2 aromatic rings. The molecule has 2 aliphatic rings. The monoisotopic (exact) mass is 339 g/mol. The number of benzene rings is 1. The highest BCUT2D eigenvalue weighted by Gasteiger charge is 2.49. The lowest BCUT2D eigenvalue weighted by Crippen LogP contribution is -2.51. The number of para-hydroxylation sites is 1. The van der Waals surface area contributed by atoms with E-state index in [1.165, 1.54) is 0 Å². The zero-order chi connectivity index (χ0) is 17.4. The largest absolute Gasteiger partial charge is 0.341 e. The molecule has 1 saturated heterocycles. The minimum Gasteiger partial charge on any atom is -0.341 e. The second-order valence-corrected chi connectivity index (χ2v) is 6.84. The third-order valence-corrected chi connectivity index (χ3v) is 5.18. The number of rotatable bonds is 3. The average molecular weight is 339 g/mol. The van der Waals surface area contributed by atoms with Gasteiger partial charge in [0.2, 0.25) is 11.8 Å². The van der Waals surface area contributed by atoms with Crippen LogP contribution in [-0.2, 0) is 21.4 Å². The highest BCUT2D eigenvalue weighted by atomic mass is 16.2. The van der Waals surface area contributed by atoms with Crippen molar-refractivity contribution in [1.29, 1.82) is 0 Å². The molecule has 7 nitrogen and oxygen atoms in total. The summed E-state index contributed by atoms with van der Waals surface area (Å²) in [5, 5.41) is 9.84. The van der Waals surface area contributed by atoms with Crippen LogP contribution < -0.4 is 5.32 Å². The van der Waals surface area contributed by atoms with Crippen LogP contribution in [0.3, 0.4) is 0 Å². The van der Waals surface area contributed by atoms with Gasteiger partial charge in [0.15, 0.2) is 5.82 Å². The van der Waals surface area contributed by atoms with Crippen molar-refractivity contribution in [1.82, 2.24) is 20.1 Å². The van der Waals surface area contributed by atoms with E-state index in [1.807, 2.05) is 36.1 Å². The summed E-state index contributed by atoms with van der Waals surface area (Å²) in [6.45, 7) is 2.98. The van der Waals surface area contributed by atoms with Gasteiger partial charge in [-0.25, -0.2) is 4.98 Å². The molecule has 1 atom stereocenters. The Hall–Kier alpha value is -2.70. The predicted octanol–water partition coefficient (Wildman–Crippen LogP) is 1.56. The van der Waals surface area contributed by atoms with E-state index < -0.39 is 5.41 Å². The fourth-order valence-corrected chi connectivity index (χ4v) is 3.93. The first-order valence-electron chi connectivity index (χ1n) is 8.65. The number of carbonyl (C=O) groups excluding carboxylic acids is 2. The van der Waals surface area contributed by atoms with E-state index in [0.29, 0.717) is 31.8 Å². The van der Waals surface area contributed by atoms with Crippen LogP contribution in [0.15, 0.2) is 24.3 Å². The Balaban J connectivity index is 1.49. The van der Waals surface area contributed by atoms with E-state index in [-0.39, 0.29) is 11.8 Å². The number of aromatic amines is 1. The van der Waals surface area contributed by atoms with E-state index in [1.54, 1.807) is 0 Å². The highest BCUT2D eigenvalue weighted by Crippen LogP contribution is 2.43. The predicted molar refractivity (Wildman–Crippen MR) is 92.0 cm³/mol. The molecule has 0 bridgehead atoms. The lowest BCUT2D eigenvalue weighted by Gasteiger charge is -2.39. The number of likely N-dealkylation sites (tertiary alicyclic amines) is 1. The molecule has 1 aromatic heterocycles. The summed E-state index contributed by atoms with van der Waals surface area (Å²) in [5.74, 6) is 1.47. The van der Waals surface area contributed by atoms with Crippen LogP contribution in [-0.4, -0.2) is 45.0 Å². The number of carbonyl (C=O) groups is 2. The van der Waals surface area contributed by atoms with Crippen LogP contribution in [0.1, 0.15) is 36.5 Å². The van der Waals surface area contributed by atoms with Crippen molar-refractivity contribution in [2.75, 3.05) is 18.4 Å². The van der Waals surface area contributed by atoms with Crippen LogP contribution in [0.5, 0.6) is 0 Å². The van der Waals surface area contributed by atoms with Gasteiger partial charge >= 0.3 is 0 Å². The summed E-state index contributed by atoms with van der Waals surface area (Å²) in [6, 6.07) is 7.79. The highest BCUT2D eigenvalue weighted by molar-refractivity contribution is 6.06. The molecule has 0 radical (unpaired) electrons. The number of nitrogens with one attached hydrogen (secondary N) is 2. The van der Waals surface area contributed by atoms with Crippen molar-refractivity contribution in [2.45, 2.75) is 38.0 Å². The van der Waals surface area contributed by atoms with Crippen molar-refractivity contribution in [3.8, 4) is 0 Å². The van der Waals surface area contributed by atoms with E-state index in [9.17, 15) is 9.59 Å². The maximum atomic E-state index is 12.7. The number of nitrogens with zero attached hydrogens (tertiary/aromatic N) is 3. The number of anilines is 1. The molecule has 7 heteroatoms. The molecule has 25 heavy (non-hydrogen) atoms. The van der Waals surface area contributed by atoms with E-state index in [0.717, 1.165) is 29.9 Å². The van der Waals surface area contributed by atoms with Gasteiger partial charge in [0, 0.05) is 31.6 Å². The molecular formula is C18H21N5O2. The number of piperidine rings is 1. The van der Waals surface area contributed by atoms with Gasteiger partial charge in [-0.2, -0.15) is 5.10 Å². The van der Waals surface area contributed by atoms with Crippen molar-refractivity contribution in [3.63, 3.8) is 0 Å². The van der Waals surface area contributed by atoms with Gasteiger partial charge in [0.25, 0.3) is 0 Å². The lowest BCUT2D eigenvalue weighted by molar-refractivity contribution is -0.135. The molecule has 0 saturated carbocycles. The average Bonchev–Trinajstić information content (AvgIpc) is 3.15. The summed E-state index contributed by atoms with van der Waals surface area (Å²) < 4.78 is 0. The number of amides is 2. The molecular weight excluding hydrogens is 318 g/mol. The van der Waals surface area contributed by atoms with Gasteiger partial charge in [-0.3, -0.25) is 14.7 Å². The van der Waals surface area contributed by atoms with Gasteiger partial charge in [-0.1, -0.05) is 18.2 Å². The number of aryl methyl sites for hydroxylation is 2. The van der Waals surface area contributed by atoms with Crippen LogP contribution in [0.2, 0.25) is 0 Å². The molecule has 130 valence electrons. The van der Waals surface area contributed by atoms with Gasteiger partial charge in [-0.15, -0.1) is 0 Å². The van der Waals surface area contributed by atoms with E-state index in [2.05, 4.69) is 20.5 Å². The van der Waals surface area contributed by atoms with Crippen molar-refractivity contribution in [2.24, 2.45) is 0 Å². The molecule has 1 fully saturated rings. The first-order valence-corrected chi connectivity index (χ1v) is 8.65. The standard InChI is InChI=1S/C18H21N5O2/c1-12-19-15(22-21-12)7-8-16(24)23-10-4-9-18(11-23)13-5-2-3-6-14(13)20-17(18)25/h2-3,5-6H,4,7-11H2,1H3,(H,20,25)(H,19,21,22)/t18-/m0/s1. The molecule has 3 heterocycles. The first-order chi connectivity index (χ1) is 12.1. The molecule has 0 aliphatic carbocycles. The molecule has 1 spiro atoms. The fraction of sp³-hybridized carbons (Fsp3) is 0.444. The number of hydrogen-bond donors (Lipinski definition) is 2. The van der Waals surface area contributed by atoms with Gasteiger partial charge in [0.1, 0.15) is 5.82 Å². The minimum absolute atomic E-state index is 0.00999. The Labute approximate surface area is 145 Å². The minimum atomic E-state index is -0.605. The quantitative estimate of drug-likeness (QED) is 0.888. The molecule has 2 N–H and O–H groups in total. The Morgan fingerprint density at radius 2 is 2.20 bits per heavy atom. The Bertz CT molecular complexity index is 830. The van der Waals surface area contributed by atoms with Gasteiger partial charge in [-0.05, 0) is 31.4 Å². The van der Waals surface area contributed by atoms with Crippen LogP contribution in [0.4, 0.5) is 5.69 Å². The molecule has 2 aliphatic heterocycles. The summed E-state index contributed by atoms with van der Waals surface area (Å²) >= 11 is 0. The molecule has 0 unspecified atom stereocenters. The lowest BCUT2D eigenvalue weighted by atomic mass is 9.75. The summed E-state index contributed by atoms with van der Waals surface area (Å²) in [4.78, 5) is 31.4. The topological polar surface area (TPSA) is 91.0 Å². The Kier molecular flexibility index (Phi) is 3.78. The number of H-pyrrole nitrogens is 1. The zero-order valence-corrected chi connectivity index (χ0v) is 14.2. The first kappa shape index (κ1) is 15.8. The zero-order valence-electron chi connectivity index (χ0n) is 14.2. The van der Waals surface area contributed by atoms with Gasteiger partial charge in [0.05, 0.1) is 5.41 Å². The second kappa shape index (κ2) is 5.98. The smallest absolute Gasteiger partial charge is 0.236 e. The third kappa shape index (κ3) is 2.69. The number of aromatic nitrogens is 3. The normalized spacial score (nSPS) is 22.1. The third-order valence-electron chi connectivity index (χ3n) is 5.18.